The van der Waals surface area contributed by atoms with Crippen LogP contribution in [0.2, 0.25) is 5.02 Å². The zero-order valence-electron chi connectivity index (χ0n) is 11.2. The minimum Gasteiger partial charge on any atom is -0.369 e. The highest BCUT2D eigenvalue weighted by atomic mass is 35.5. The van der Waals surface area contributed by atoms with Gasteiger partial charge in [-0.25, -0.2) is 4.79 Å². The Bertz CT molecular complexity index is 499. The fraction of sp³-hybridized carbons (Fsp3) is 0.462. The van der Waals surface area contributed by atoms with Crippen LogP contribution in [0.25, 0.3) is 0 Å². The Kier molecular flexibility index (Phi) is 5.17. The molecule has 0 aliphatic carbocycles. The van der Waals surface area contributed by atoms with E-state index < -0.39 is 6.03 Å². The van der Waals surface area contributed by atoms with Gasteiger partial charge < -0.3 is 16.0 Å². The summed E-state index contributed by atoms with van der Waals surface area (Å²) in [7, 11) is 0. The molecule has 0 radical (unpaired) electrons. The fourth-order valence-electron chi connectivity index (χ4n) is 2.05. The number of nitrogens with two attached hydrogens (primary N) is 1. The lowest BCUT2D eigenvalue weighted by Crippen LogP contribution is -2.37. The van der Waals surface area contributed by atoms with Crippen LogP contribution >= 0.6 is 11.6 Å². The maximum absolute atomic E-state index is 11.6. The van der Waals surface area contributed by atoms with Gasteiger partial charge in [0.1, 0.15) is 0 Å². The van der Waals surface area contributed by atoms with E-state index in [4.69, 9.17) is 17.3 Å². The van der Waals surface area contributed by atoms with Gasteiger partial charge in [-0.1, -0.05) is 11.6 Å². The van der Waals surface area contributed by atoms with Crippen molar-refractivity contribution in [3.63, 3.8) is 0 Å². The van der Waals surface area contributed by atoms with Gasteiger partial charge in [0.05, 0.1) is 10.7 Å². The fourth-order valence-corrected chi connectivity index (χ4v) is 2.27. The van der Waals surface area contributed by atoms with Crippen molar-refractivity contribution in [1.29, 1.82) is 0 Å². The minimum absolute atomic E-state index is 0.288. The second-order valence-electron chi connectivity index (χ2n) is 4.58. The summed E-state index contributed by atoms with van der Waals surface area (Å²) >= 11 is 5.98. The van der Waals surface area contributed by atoms with Crippen LogP contribution in [0.5, 0.6) is 0 Å². The Morgan fingerprint density at radius 2 is 2.25 bits per heavy atom. The van der Waals surface area contributed by atoms with Gasteiger partial charge in [0.25, 0.3) is 0 Å². The van der Waals surface area contributed by atoms with E-state index in [9.17, 15) is 4.79 Å². The highest BCUT2D eigenvalue weighted by Gasteiger charge is 2.14. The number of carbonyl (C=O) groups excluding carboxylic acids is 1. The van der Waals surface area contributed by atoms with Gasteiger partial charge >= 0.3 is 6.03 Å². The van der Waals surface area contributed by atoms with Crippen LogP contribution in [0.15, 0.2) is 23.3 Å². The van der Waals surface area contributed by atoms with E-state index in [0.29, 0.717) is 18.0 Å². The number of aliphatic imine (C=N–C) groups is 1. The third-order valence-corrected chi connectivity index (χ3v) is 3.46. The molecule has 7 heteroatoms. The van der Waals surface area contributed by atoms with Crippen molar-refractivity contribution in [3.8, 4) is 0 Å². The first kappa shape index (κ1) is 14.6. The molecule has 0 spiro atoms. The number of amides is 2. The summed E-state index contributed by atoms with van der Waals surface area (Å²) in [4.78, 5) is 21.5. The molecular formula is C13H18ClN5O. The summed E-state index contributed by atoms with van der Waals surface area (Å²) in [6, 6.07) is 3.11. The summed E-state index contributed by atoms with van der Waals surface area (Å²) in [5.41, 5.74) is 6.52. The SMILES string of the molecule is NC(=NC(=O)NCCc1ncccc1Cl)N1CCCC1. The number of rotatable bonds is 3. The zero-order valence-corrected chi connectivity index (χ0v) is 11.9. The predicted octanol–water partition coefficient (Wildman–Crippen LogP) is 1.40. The molecule has 0 aromatic carbocycles. The summed E-state index contributed by atoms with van der Waals surface area (Å²) in [6.45, 7) is 2.16. The second kappa shape index (κ2) is 7.09. The average Bonchev–Trinajstić information content (AvgIpc) is 2.95. The molecule has 3 N–H and O–H groups in total. The van der Waals surface area contributed by atoms with Gasteiger partial charge in [0.15, 0.2) is 0 Å². The molecule has 1 saturated heterocycles. The van der Waals surface area contributed by atoms with Crippen molar-refractivity contribution in [3.05, 3.63) is 29.0 Å². The summed E-state index contributed by atoms with van der Waals surface area (Å²) in [5.74, 6) is 0.288. The summed E-state index contributed by atoms with van der Waals surface area (Å²) < 4.78 is 0. The normalized spacial score (nSPS) is 15.4. The van der Waals surface area contributed by atoms with Crippen LogP contribution in [0, 0.1) is 0 Å². The third-order valence-electron chi connectivity index (χ3n) is 3.12. The third kappa shape index (κ3) is 4.09. The molecule has 2 rings (SSSR count). The molecule has 2 amide bonds. The second-order valence-corrected chi connectivity index (χ2v) is 4.99. The largest absolute Gasteiger partial charge is 0.369 e. The van der Waals surface area contributed by atoms with E-state index in [1.807, 2.05) is 4.90 Å². The lowest BCUT2D eigenvalue weighted by Gasteiger charge is -2.15. The van der Waals surface area contributed by atoms with Crippen molar-refractivity contribution in [2.45, 2.75) is 19.3 Å². The predicted molar refractivity (Wildman–Crippen MR) is 78.8 cm³/mol. The molecule has 0 atom stereocenters. The number of carbonyl (C=O) groups is 1. The van der Waals surface area contributed by atoms with Crippen molar-refractivity contribution >= 4 is 23.6 Å². The van der Waals surface area contributed by atoms with Gasteiger partial charge in [-0.05, 0) is 25.0 Å². The van der Waals surface area contributed by atoms with E-state index >= 15 is 0 Å². The van der Waals surface area contributed by atoms with Gasteiger partial charge in [-0.3, -0.25) is 4.98 Å². The van der Waals surface area contributed by atoms with Crippen molar-refractivity contribution in [2.75, 3.05) is 19.6 Å². The number of halogens is 1. The van der Waals surface area contributed by atoms with E-state index in [1.165, 1.54) is 0 Å². The Balaban J connectivity index is 1.78. The Morgan fingerprint density at radius 3 is 2.95 bits per heavy atom. The van der Waals surface area contributed by atoms with E-state index in [1.54, 1.807) is 18.3 Å². The van der Waals surface area contributed by atoms with Crippen LogP contribution in [0.4, 0.5) is 4.79 Å². The standard InChI is InChI=1S/C13H18ClN5O/c14-10-4-3-6-16-11(10)5-7-17-13(20)18-12(15)19-8-1-2-9-19/h3-4,6H,1-2,5,7-9H2,(H3,15,17,18,20). The van der Waals surface area contributed by atoms with Crippen LogP contribution in [0.1, 0.15) is 18.5 Å². The Labute approximate surface area is 123 Å². The summed E-state index contributed by atoms with van der Waals surface area (Å²) in [6.07, 6.45) is 4.42. The molecule has 1 aromatic heterocycles. The van der Waals surface area contributed by atoms with Gasteiger partial charge in [0, 0.05) is 32.3 Å². The number of aromatic nitrogens is 1. The molecule has 2 heterocycles. The zero-order chi connectivity index (χ0) is 14.4. The first-order chi connectivity index (χ1) is 9.66. The molecule has 1 aliphatic heterocycles. The highest BCUT2D eigenvalue weighted by Crippen LogP contribution is 2.11. The molecule has 6 nitrogen and oxygen atoms in total. The molecule has 20 heavy (non-hydrogen) atoms. The van der Waals surface area contributed by atoms with Gasteiger partial charge in [0.2, 0.25) is 5.96 Å². The van der Waals surface area contributed by atoms with E-state index in [2.05, 4.69) is 15.3 Å². The van der Waals surface area contributed by atoms with Crippen molar-refractivity contribution < 1.29 is 4.79 Å². The Morgan fingerprint density at radius 1 is 1.50 bits per heavy atom. The van der Waals surface area contributed by atoms with Crippen LogP contribution in [-0.2, 0) is 6.42 Å². The Hall–Kier alpha value is -1.82. The van der Waals surface area contributed by atoms with Gasteiger partial charge in [-0.2, -0.15) is 4.99 Å². The lowest BCUT2D eigenvalue weighted by molar-refractivity contribution is 0.249. The smallest absolute Gasteiger partial charge is 0.344 e. The molecule has 0 bridgehead atoms. The number of nitrogens with zero attached hydrogens (tertiary/aromatic N) is 3. The highest BCUT2D eigenvalue weighted by molar-refractivity contribution is 6.31. The molecule has 108 valence electrons. The topological polar surface area (TPSA) is 83.6 Å². The molecular weight excluding hydrogens is 278 g/mol. The van der Waals surface area contributed by atoms with Crippen LogP contribution < -0.4 is 11.1 Å². The molecule has 1 aromatic rings. The monoisotopic (exact) mass is 295 g/mol. The minimum atomic E-state index is -0.429. The number of hydrogen-bond donors (Lipinski definition) is 2. The molecule has 0 saturated carbocycles. The molecule has 1 aliphatic rings. The molecule has 0 unspecified atom stereocenters. The van der Waals surface area contributed by atoms with Crippen molar-refractivity contribution in [2.24, 2.45) is 10.7 Å². The average molecular weight is 296 g/mol. The number of guanidine groups is 1. The van der Waals surface area contributed by atoms with Crippen LogP contribution in [0.3, 0.4) is 0 Å². The number of hydrogen-bond acceptors (Lipinski definition) is 2. The van der Waals surface area contributed by atoms with Crippen LogP contribution in [-0.4, -0.2) is 41.5 Å². The molecule has 1 fully saturated rings. The quantitative estimate of drug-likeness (QED) is 0.652. The van der Waals surface area contributed by atoms with E-state index in [-0.39, 0.29) is 5.96 Å². The van der Waals surface area contributed by atoms with E-state index in [0.717, 1.165) is 31.6 Å². The summed E-state index contributed by atoms with van der Waals surface area (Å²) in [5, 5.41) is 3.28. The maximum atomic E-state index is 11.6. The van der Waals surface area contributed by atoms with Crippen molar-refractivity contribution in [1.82, 2.24) is 15.2 Å². The maximum Gasteiger partial charge on any atom is 0.344 e. The lowest BCUT2D eigenvalue weighted by atomic mass is 10.3. The number of pyridine rings is 1. The first-order valence-corrected chi connectivity index (χ1v) is 7.01. The van der Waals surface area contributed by atoms with Gasteiger partial charge in [-0.15, -0.1) is 0 Å². The number of likely N-dealkylation sites (tertiary alicyclic amines) is 1. The number of nitrogens with one attached hydrogen (secondary N) is 1. The first-order valence-electron chi connectivity index (χ1n) is 6.63. The number of urea groups is 1.